The summed E-state index contributed by atoms with van der Waals surface area (Å²) in [4.78, 5) is 15.8. The maximum absolute atomic E-state index is 11.9. The molecule has 3 aromatic rings. The largest absolute Gasteiger partial charge is 0.325 e. The van der Waals surface area contributed by atoms with Crippen molar-refractivity contribution in [1.29, 1.82) is 0 Å². The number of aromatic nitrogens is 3. The Morgan fingerprint density at radius 2 is 2.19 bits per heavy atom. The van der Waals surface area contributed by atoms with Gasteiger partial charge in [0.05, 0.1) is 30.1 Å². The smallest absolute Gasteiger partial charge is 0.226 e. The van der Waals surface area contributed by atoms with Crippen LogP contribution in [0.5, 0.6) is 0 Å². The highest BCUT2D eigenvalue weighted by Crippen LogP contribution is 2.19. The van der Waals surface area contributed by atoms with Gasteiger partial charge in [-0.3, -0.25) is 14.5 Å². The van der Waals surface area contributed by atoms with Crippen LogP contribution in [0, 0.1) is 0 Å². The lowest BCUT2D eigenvalue weighted by Crippen LogP contribution is -2.15. The second-order valence-electron chi connectivity index (χ2n) is 4.61. The van der Waals surface area contributed by atoms with Crippen molar-refractivity contribution in [2.75, 3.05) is 5.32 Å². The molecule has 1 amide bonds. The van der Waals surface area contributed by atoms with Crippen LogP contribution in [-0.2, 0) is 11.3 Å². The fourth-order valence-corrected chi connectivity index (χ4v) is 2.28. The van der Waals surface area contributed by atoms with E-state index in [0.29, 0.717) is 23.7 Å². The summed E-state index contributed by atoms with van der Waals surface area (Å²) in [5.41, 5.74) is 1.66. The van der Waals surface area contributed by atoms with Gasteiger partial charge in [0.25, 0.3) is 0 Å². The molecule has 0 saturated heterocycles. The number of carbonyl (C=O) groups excluding carboxylic acids is 1. The third-order valence-electron chi connectivity index (χ3n) is 3.10. The number of nitrogens with zero attached hydrogens (tertiary/aromatic N) is 3. The second kappa shape index (κ2) is 5.93. The summed E-state index contributed by atoms with van der Waals surface area (Å²) in [6.07, 6.45) is 5.37. The SMILES string of the molecule is O=C(CCn1ncc2cc(Cl)ccc21)Nc1cccnc1. The summed E-state index contributed by atoms with van der Waals surface area (Å²) in [6.45, 7) is 0.511. The molecule has 0 aliphatic rings. The van der Waals surface area contributed by atoms with Crippen molar-refractivity contribution >= 4 is 34.1 Å². The highest BCUT2D eigenvalue weighted by atomic mass is 35.5. The van der Waals surface area contributed by atoms with E-state index in [0.717, 1.165) is 10.9 Å². The molecule has 6 heteroatoms. The van der Waals surface area contributed by atoms with Crippen molar-refractivity contribution in [1.82, 2.24) is 14.8 Å². The summed E-state index contributed by atoms with van der Waals surface area (Å²) in [5, 5.41) is 8.72. The number of nitrogens with one attached hydrogen (secondary N) is 1. The van der Waals surface area contributed by atoms with Gasteiger partial charge < -0.3 is 5.32 Å². The Labute approximate surface area is 126 Å². The van der Waals surface area contributed by atoms with Gasteiger partial charge in [0.1, 0.15) is 0 Å². The number of carbonyl (C=O) groups is 1. The van der Waals surface area contributed by atoms with E-state index in [9.17, 15) is 4.79 Å². The van der Waals surface area contributed by atoms with Crippen molar-refractivity contribution in [3.8, 4) is 0 Å². The van der Waals surface area contributed by atoms with Crippen LogP contribution >= 0.6 is 11.6 Å². The van der Waals surface area contributed by atoms with Gasteiger partial charge in [0.15, 0.2) is 0 Å². The minimum Gasteiger partial charge on any atom is -0.325 e. The number of amides is 1. The average Bonchev–Trinajstić information content (AvgIpc) is 2.88. The molecule has 1 aromatic carbocycles. The molecule has 106 valence electrons. The average molecular weight is 301 g/mol. The van der Waals surface area contributed by atoms with E-state index in [1.807, 2.05) is 18.2 Å². The summed E-state index contributed by atoms with van der Waals surface area (Å²) in [5.74, 6) is -0.0689. The lowest BCUT2D eigenvalue weighted by atomic mass is 10.2. The molecule has 5 nitrogen and oxygen atoms in total. The van der Waals surface area contributed by atoms with E-state index in [-0.39, 0.29) is 5.91 Å². The van der Waals surface area contributed by atoms with Gasteiger partial charge in [-0.05, 0) is 30.3 Å². The van der Waals surface area contributed by atoms with Crippen molar-refractivity contribution in [3.05, 3.63) is 53.9 Å². The lowest BCUT2D eigenvalue weighted by molar-refractivity contribution is -0.116. The molecular formula is C15H13ClN4O. The maximum atomic E-state index is 11.9. The molecule has 0 unspecified atom stereocenters. The monoisotopic (exact) mass is 300 g/mol. The van der Waals surface area contributed by atoms with Gasteiger partial charge in [0.2, 0.25) is 5.91 Å². The number of hydrogen-bond donors (Lipinski definition) is 1. The van der Waals surface area contributed by atoms with Crippen molar-refractivity contribution in [2.45, 2.75) is 13.0 Å². The Kier molecular flexibility index (Phi) is 3.83. The third-order valence-corrected chi connectivity index (χ3v) is 3.33. The zero-order chi connectivity index (χ0) is 14.7. The lowest BCUT2D eigenvalue weighted by Gasteiger charge is -2.05. The number of hydrogen-bond acceptors (Lipinski definition) is 3. The molecule has 0 saturated carbocycles. The normalized spacial score (nSPS) is 10.7. The number of aryl methyl sites for hydroxylation is 1. The molecule has 0 fully saturated rings. The number of fused-ring (bicyclic) bond motifs is 1. The molecule has 0 radical (unpaired) electrons. The van der Waals surface area contributed by atoms with E-state index < -0.39 is 0 Å². The molecule has 0 spiro atoms. The van der Waals surface area contributed by atoms with Crippen LogP contribution < -0.4 is 5.32 Å². The van der Waals surface area contributed by atoms with Crippen LogP contribution in [0.2, 0.25) is 5.02 Å². The van der Waals surface area contributed by atoms with Gasteiger partial charge in [-0.25, -0.2) is 0 Å². The Hall–Kier alpha value is -2.40. The minimum atomic E-state index is -0.0689. The summed E-state index contributed by atoms with van der Waals surface area (Å²) < 4.78 is 1.80. The third kappa shape index (κ3) is 3.20. The predicted molar refractivity (Wildman–Crippen MR) is 82.2 cm³/mol. The molecule has 0 atom stereocenters. The fraction of sp³-hybridized carbons (Fsp3) is 0.133. The fourth-order valence-electron chi connectivity index (χ4n) is 2.10. The Morgan fingerprint density at radius 1 is 1.29 bits per heavy atom. The first-order valence-electron chi connectivity index (χ1n) is 6.53. The Bertz CT molecular complexity index is 770. The summed E-state index contributed by atoms with van der Waals surface area (Å²) in [6, 6.07) is 9.16. The van der Waals surface area contributed by atoms with Crippen LogP contribution in [0.25, 0.3) is 10.9 Å². The van der Waals surface area contributed by atoms with Crippen LogP contribution in [0.1, 0.15) is 6.42 Å². The standard InChI is InChI=1S/C15H13ClN4O/c16-12-3-4-14-11(8-12)9-18-20(14)7-5-15(21)19-13-2-1-6-17-10-13/h1-4,6,8-10H,5,7H2,(H,19,21). The predicted octanol–water partition coefficient (Wildman–Crippen LogP) is 3.11. The zero-order valence-corrected chi connectivity index (χ0v) is 11.9. The highest BCUT2D eigenvalue weighted by Gasteiger charge is 2.06. The van der Waals surface area contributed by atoms with Gasteiger partial charge in [0, 0.05) is 23.0 Å². The number of halogens is 1. The van der Waals surface area contributed by atoms with Crippen molar-refractivity contribution < 1.29 is 4.79 Å². The number of benzene rings is 1. The van der Waals surface area contributed by atoms with Crippen LogP contribution in [0.3, 0.4) is 0 Å². The zero-order valence-electron chi connectivity index (χ0n) is 11.2. The first-order chi connectivity index (χ1) is 10.2. The highest BCUT2D eigenvalue weighted by molar-refractivity contribution is 6.31. The molecule has 21 heavy (non-hydrogen) atoms. The Morgan fingerprint density at radius 3 is 3.00 bits per heavy atom. The molecule has 0 aliphatic heterocycles. The molecule has 0 bridgehead atoms. The number of rotatable bonds is 4. The minimum absolute atomic E-state index is 0.0689. The molecule has 0 aliphatic carbocycles. The van der Waals surface area contributed by atoms with E-state index in [2.05, 4.69) is 15.4 Å². The summed E-state index contributed by atoms with van der Waals surface area (Å²) >= 11 is 5.94. The van der Waals surface area contributed by atoms with Crippen LogP contribution in [0.4, 0.5) is 5.69 Å². The second-order valence-corrected chi connectivity index (χ2v) is 5.05. The molecule has 1 N–H and O–H groups in total. The van der Waals surface area contributed by atoms with E-state index in [1.165, 1.54) is 0 Å². The topological polar surface area (TPSA) is 59.8 Å². The van der Waals surface area contributed by atoms with E-state index >= 15 is 0 Å². The quantitative estimate of drug-likeness (QED) is 0.805. The molecule has 2 aromatic heterocycles. The number of anilines is 1. The van der Waals surface area contributed by atoms with Crippen molar-refractivity contribution in [3.63, 3.8) is 0 Å². The van der Waals surface area contributed by atoms with Crippen molar-refractivity contribution in [2.24, 2.45) is 0 Å². The van der Waals surface area contributed by atoms with Crippen LogP contribution in [0.15, 0.2) is 48.9 Å². The molecule has 2 heterocycles. The molecular weight excluding hydrogens is 288 g/mol. The Balaban J connectivity index is 1.65. The first kappa shape index (κ1) is 13.6. The summed E-state index contributed by atoms with van der Waals surface area (Å²) in [7, 11) is 0. The van der Waals surface area contributed by atoms with Gasteiger partial charge in [-0.15, -0.1) is 0 Å². The maximum Gasteiger partial charge on any atom is 0.226 e. The molecule has 3 rings (SSSR count). The number of pyridine rings is 1. The van der Waals surface area contributed by atoms with E-state index in [4.69, 9.17) is 11.6 Å². The van der Waals surface area contributed by atoms with Gasteiger partial charge >= 0.3 is 0 Å². The van der Waals surface area contributed by atoms with Crippen LogP contribution in [-0.4, -0.2) is 20.7 Å². The van der Waals surface area contributed by atoms with E-state index in [1.54, 1.807) is 35.4 Å². The van der Waals surface area contributed by atoms with Gasteiger partial charge in [-0.1, -0.05) is 11.6 Å². The first-order valence-corrected chi connectivity index (χ1v) is 6.91. The van der Waals surface area contributed by atoms with Gasteiger partial charge in [-0.2, -0.15) is 5.10 Å².